The van der Waals surface area contributed by atoms with Gasteiger partial charge in [0.2, 0.25) is 0 Å². The van der Waals surface area contributed by atoms with Gasteiger partial charge in [-0.05, 0) is 76.2 Å². The van der Waals surface area contributed by atoms with Gasteiger partial charge >= 0.3 is 0 Å². The molecule has 6 heteroatoms. The van der Waals surface area contributed by atoms with Crippen molar-refractivity contribution in [2.24, 2.45) is 0 Å². The highest BCUT2D eigenvalue weighted by Gasteiger charge is 2.23. The molecular weight excluding hydrogens is 769 g/mol. The maximum Gasteiger partial charge on any atom is 0.162 e. The normalized spacial score (nSPS) is 11.9. The number of fused-ring (bicyclic) bond motifs is 9. The van der Waals surface area contributed by atoms with Gasteiger partial charge in [-0.1, -0.05) is 115 Å². The van der Waals surface area contributed by atoms with Crippen LogP contribution in [0.25, 0.3) is 104 Å². The van der Waals surface area contributed by atoms with Gasteiger partial charge in [0.15, 0.2) is 11.6 Å². The molecule has 0 N–H and O–H groups in total. The number of rotatable bonds is 4. The monoisotopic (exact) mass is 795 g/mol. The molecule has 11 aromatic rings. The van der Waals surface area contributed by atoms with Crippen LogP contribution >= 0.6 is 33.9 Å². The zero-order valence-corrected chi connectivity index (χ0v) is 30.5. The van der Waals surface area contributed by atoms with Crippen LogP contribution in [0.3, 0.4) is 0 Å². The summed E-state index contributed by atoms with van der Waals surface area (Å²) < 4.78 is 12.4. The lowest BCUT2D eigenvalue weighted by Gasteiger charge is -2.15. The predicted molar refractivity (Wildman–Crippen MR) is 226 cm³/mol. The number of hydrogen-bond donors (Lipinski definition) is 0. The van der Waals surface area contributed by atoms with Gasteiger partial charge in [0.1, 0.15) is 11.2 Å². The number of hydrogen-bond acceptors (Lipinski definition) is 4. The van der Waals surface area contributed by atoms with Crippen molar-refractivity contribution < 1.29 is 4.42 Å². The van der Waals surface area contributed by atoms with E-state index in [9.17, 15) is 0 Å². The Bertz CT molecular complexity index is 3200. The van der Waals surface area contributed by atoms with E-state index >= 15 is 0 Å². The van der Waals surface area contributed by atoms with E-state index in [1.54, 1.807) is 0 Å². The molecule has 11 rings (SSSR count). The predicted octanol–water partition coefficient (Wildman–Crippen LogP) is 13.4. The van der Waals surface area contributed by atoms with Crippen molar-refractivity contribution in [3.8, 4) is 39.6 Å². The third kappa shape index (κ3) is 4.51. The van der Waals surface area contributed by atoms with Gasteiger partial charge in [-0.25, -0.2) is 9.97 Å². The number of nitrogens with zero attached hydrogens (tertiary/aromatic N) is 3. The van der Waals surface area contributed by atoms with Crippen molar-refractivity contribution in [2.45, 2.75) is 0 Å². The molecule has 0 aliphatic heterocycles. The molecular formula is C46H26IN3OS. The Hall–Kier alpha value is -5.83. The Kier molecular flexibility index (Phi) is 6.66. The van der Waals surface area contributed by atoms with Crippen molar-refractivity contribution >= 4 is 97.8 Å². The summed E-state index contributed by atoms with van der Waals surface area (Å²) in [6.45, 7) is 0. The second-order valence-corrected chi connectivity index (χ2v) is 15.2. The van der Waals surface area contributed by atoms with Crippen LogP contribution in [-0.4, -0.2) is 14.5 Å². The summed E-state index contributed by atoms with van der Waals surface area (Å²) in [7, 11) is 0. The summed E-state index contributed by atoms with van der Waals surface area (Å²) in [6, 6.07) is 55.6. The molecule has 0 saturated heterocycles. The fourth-order valence-corrected chi connectivity index (χ4v) is 9.66. The van der Waals surface area contributed by atoms with Gasteiger partial charge in [-0.3, -0.25) is 4.57 Å². The molecule has 0 amide bonds. The Balaban J connectivity index is 1.25. The lowest BCUT2D eigenvalue weighted by Crippen LogP contribution is -2.06. The van der Waals surface area contributed by atoms with E-state index in [0.717, 1.165) is 70.3 Å². The van der Waals surface area contributed by atoms with E-state index in [2.05, 4.69) is 167 Å². The number of benzene rings is 7. The Labute approximate surface area is 315 Å². The van der Waals surface area contributed by atoms with Gasteiger partial charge in [-0.15, -0.1) is 11.3 Å². The van der Waals surface area contributed by atoms with Crippen LogP contribution in [0.2, 0.25) is 0 Å². The summed E-state index contributed by atoms with van der Waals surface area (Å²) in [5, 5.41) is 7.12. The SMILES string of the molecule is Ic1c(-c2ccccc2)nc(-c2cc(-c3ccccc3)c3c(c2)oc2ccccc23)nc1-n1c2ccccc2c2cc3sc4ccccc4c3cc21. The summed E-state index contributed by atoms with van der Waals surface area (Å²) >= 11 is 4.30. The van der Waals surface area contributed by atoms with Crippen LogP contribution in [-0.2, 0) is 0 Å². The van der Waals surface area contributed by atoms with E-state index in [-0.39, 0.29) is 0 Å². The average Bonchev–Trinajstić information content (AvgIpc) is 3.86. The third-order valence-electron chi connectivity index (χ3n) is 10.1. The number of aromatic nitrogens is 3. The summed E-state index contributed by atoms with van der Waals surface area (Å²) in [6.07, 6.45) is 0. The van der Waals surface area contributed by atoms with Crippen LogP contribution < -0.4 is 0 Å². The van der Waals surface area contributed by atoms with Gasteiger partial charge in [0, 0.05) is 52.8 Å². The largest absolute Gasteiger partial charge is 0.456 e. The minimum atomic E-state index is 0.641. The van der Waals surface area contributed by atoms with Gasteiger partial charge in [0.25, 0.3) is 0 Å². The fourth-order valence-electron chi connectivity index (χ4n) is 7.74. The van der Waals surface area contributed by atoms with Crippen LogP contribution in [0.1, 0.15) is 0 Å². The third-order valence-corrected chi connectivity index (χ3v) is 12.2. The van der Waals surface area contributed by atoms with Gasteiger partial charge < -0.3 is 4.42 Å². The average molecular weight is 796 g/mol. The first-order chi connectivity index (χ1) is 25.7. The molecule has 4 heterocycles. The van der Waals surface area contributed by atoms with Crippen molar-refractivity contribution in [2.75, 3.05) is 0 Å². The molecule has 0 saturated carbocycles. The first-order valence-electron chi connectivity index (χ1n) is 17.2. The second-order valence-electron chi connectivity index (χ2n) is 13.1. The van der Waals surface area contributed by atoms with E-state index in [1.807, 2.05) is 29.5 Å². The minimum Gasteiger partial charge on any atom is -0.456 e. The highest BCUT2D eigenvalue weighted by Crippen LogP contribution is 2.43. The van der Waals surface area contributed by atoms with E-state index in [0.29, 0.717) is 5.82 Å². The smallest absolute Gasteiger partial charge is 0.162 e. The van der Waals surface area contributed by atoms with E-state index in [4.69, 9.17) is 14.4 Å². The van der Waals surface area contributed by atoms with Crippen molar-refractivity contribution in [3.05, 3.63) is 161 Å². The molecule has 0 bridgehead atoms. The lowest BCUT2D eigenvalue weighted by molar-refractivity contribution is 0.669. The van der Waals surface area contributed by atoms with Crippen molar-refractivity contribution in [3.63, 3.8) is 0 Å². The first-order valence-corrected chi connectivity index (χ1v) is 19.1. The maximum atomic E-state index is 6.54. The molecule has 4 nitrogen and oxygen atoms in total. The maximum absolute atomic E-state index is 6.54. The quantitative estimate of drug-likeness (QED) is 0.167. The van der Waals surface area contributed by atoms with Crippen LogP contribution in [0.15, 0.2) is 162 Å². The Morgan fingerprint density at radius 3 is 2.02 bits per heavy atom. The summed E-state index contributed by atoms with van der Waals surface area (Å²) in [4.78, 5) is 10.9. The highest BCUT2D eigenvalue weighted by atomic mass is 127. The van der Waals surface area contributed by atoms with E-state index in [1.165, 1.54) is 30.9 Å². The molecule has 4 aromatic heterocycles. The molecule has 52 heavy (non-hydrogen) atoms. The van der Waals surface area contributed by atoms with Crippen molar-refractivity contribution in [1.29, 1.82) is 0 Å². The zero-order valence-electron chi connectivity index (χ0n) is 27.5. The van der Waals surface area contributed by atoms with Crippen LogP contribution in [0, 0.1) is 3.57 Å². The molecule has 0 unspecified atom stereocenters. The van der Waals surface area contributed by atoms with Gasteiger partial charge in [-0.2, -0.15) is 0 Å². The topological polar surface area (TPSA) is 43.9 Å². The minimum absolute atomic E-state index is 0.641. The molecule has 0 aliphatic rings. The number of para-hydroxylation sites is 2. The second kappa shape index (κ2) is 11.6. The highest BCUT2D eigenvalue weighted by molar-refractivity contribution is 14.1. The number of halogens is 1. The molecule has 0 radical (unpaired) electrons. The molecule has 0 fully saturated rings. The number of thiophene rings is 1. The first kappa shape index (κ1) is 29.9. The van der Waals surface area contributed by atoms with E-state index < -0.39 is 0 Å². The molecule has 0 aliphatic carbocycles. The lowest BCUT2D eigenvalue weighted by atomic mass is 9.96. The Morgan fingerprint density at radius 1 is 0.500 bits per heavy atom. The van der Waals surface area contributed by atoms with Gasteiger partial charge in [0.05, 0.1) is 20.3 Å². The van der Waals surface area contributed by atoms with Crippen molar-refractivity contribution in [1.82, 2.24) is 14.5 Å². The molecule has 0 atom stereocenters. The summed E-state index contributed by atoms with van der Waals surface area (Å²) in [5.74, 6) is 1.49. The molecule has 7 aromatic carbocycles. The standard InChI is InChI=1S/C46H26IN3OS/c47-43-44(28-15-5-2-6-16-28)48-45(29-23-33(27-13-3-1-4-14-27)42-32-19-8-11-21-38(32)51-39(42)24-29)49-46(43)50-36-20-10-7-17-30(36)34-26-41-35(25-37(34)50)31-18-9-12-22-40(31)52-41/h1-26H. The molecule has 244 valence electrons. The molecule has 0 spiro atoms. The van der Waals surface area contributed by atoms with Crippen LogP contribution in [0.5, 0.6) is 0 Å². The summed E-state index contributed by atoms with van der Waals surface area (Å²) in [5.41, 5.74) is 8.93. The number of furan rings is 1. The Morgan fingerprint density at radius 2 is 1.19 bits per heavy atom. The van der Waals surface area contributed by atoms with Crippen LogP contribution in [0.4, 0.5) is 0 Å². The zero-order chi connectivity index (χ0) is 34.3. The fraction of sp³-hybridized carbons (Fsp3) is 0.